The molecule has 1 aromatic carbocycles. The number of rotatable bonds is 5. The second kappa shape index (κ2) is 8.54. The molecule has 0 aliphatic carbocycles. The van der Waals surface area contributed by atoms with Crippen LogP contribution >= 0.6 is 0 Å². The smallest absolute Gasteiger partial charge is 0.354 e. The van der Waals surface area contributed by atoms with Crippen molar-refractivity contribution in [2.75, 3.05) is 19.7 Å². The van der Waals surface area contributed by atoms with E-state index < -0.39 is 12.4 Å². The van der Waals surface area contributed by atoms with Crippen molar-refractivity contribution in [3.8, 4) is 0 Å². The highest BCUT2D eigenvalue weighted by atomic mass is 19.3. The number of nitrogens with zero attached hydrogens (tertiary/aromatic N) is 1. The van der Waals surface area contributed by atoms with E-state index in [2.05, 4.69) is 10.3 Å². The van der Waals surface area contributed by atoms with Gasteiger partial charge in [-0.1, -0.05) is 24.3 Å². The molecule has 0 unspecified atom stereocenters. The Kier molecular flexibility index (Phi) is 6.43. The maximum Gasteiger partial charge on any atom is 0.354 e. The molecule has 7 heteroatoms. The molecule has 1 saturated heterocycles. The van der Waals surface area contributed by atoms with Crippen molar-refractivity contribution in [3.63, 3.8) is 0 Å². The number of halogens is 2. The third-order valence-corrected chi connectivity index (χ3v) is 3.74. The number of benzene rings is 1. The van der Waals surface area contributed by atoms with Crippen molar-refractivity contribution >= 4 is 11.7 Å². The van der Waals surface area contributed by atoms with Crippen molar-refractivity contribution in [2.45, 2.75) is 26.3 Å². The molecule has 0 atom stereocenters. The molecule has 1 aromatic rings. The average Bonchev–Trinajstić information content (AvgIpc) is 2.60. The van der Waals surface area contributed by atoms with Gasteiger partial charge in [-0.3, -0.25) is 4.99 Å². The van der Waals surface area contributed by atoms with Gasteiger partial charge >= 0.3 is 5.97 Å². The Morgan fingerprint density at radius 3 is 2.88 bits per heavy atom. The van der Waals surface area contributed by atoms with Gasteiger partial charge in [-0.2, -0.15) is 0 Å². The Labute approximate surface area is 139 Å². The molecule has 1 fully saturated rings. The lowest BCUT2D eigenvalue weighted by Crippen LogP contribution is -2.34. The average molecular weight is 337 g/mol. The van der Waals surface area contributed by atoms with Gasteiger partial charge in [-0.25, -0.2) is 13.6 Å². The molecule has 2 rings (SSSR count). The van der Waals surface area contributed by atoms with E-state index in [9.17, 15) is 13.6 Å². The Bertz CT molecular complexity index is 657. The lowest BCUT2D eigenvalue weighted by atomic mass is 10.0. The van der Waals surface area contributed by atoms with Crippen LogP contribution in [-0.2, 0) is 16.1 Å². The van der Waals surface area contributed by atoms with Gasteiger partial charge < -0.3 is 15.8 Å². The summed E-state index contributed by atoms with van der Waals surface area (Å²) in [5.74, 6) is -0.586. The zero-order valence-electron chi connectivity index (χ0n) is 13.5. The minimum atomic E-state index is -2.55. The lowest BCUT2D eigenvalue weighted by molar-refractivity contribution is -0.138. The molecule has 130 valence electrons. The van der Waals surface area contributed by atoms with Crippen molar-refractivity contribution in [2.24, 2.45) is 10.7 Å². The number of nitrogens with one attached hydrogen (secondary N) is 1. The molecule has 0 saturated carbocycles. The largest absolute Gasteiger partial charge is 0.461 e. The zero-order chi connectivity index (χ0) is 17.5. The fourth-order valence-corrected chi connectivity index (χ4v) is 2.50. The van der Waals surface area contributed by atoms with Crippen LogP contribution in [-0.4, -0.2) is 31.4 Å². The minimum Gasteiger partial charge on any atom is -0.461 e. The van der Waals surface area contributed by atoms with Crippen molar-refractivity contribution in [1.82, 2.24) is 5.32 Å². The second-order valence-corrected chi connectivity index (χ2v) is 5.30. The van der Waals surface area contributed by atoms with E-state index >= 15 is 0 Å². The van der Waals surface area contributed by atoms with Crippen LogP contribution < -0.4 is 11.1 Å². The van der Waals surface area contributed by atoms with Gasteiger partial charge in [0.2, 0.25) is 0 Å². The first-order valence-corrected chi connectivity index (χ1v) is 7.80. The molecule has 0 radical (unpaired) electrons. The Balaban J connectivity index is 2.26. The van der Waals surface area contributed by atoms with E-state index in [1.807, 2.05) is 0 Å². The summed E-state index contributed by atoms with van der Waals surface area (Å²) in [5, 5.41) is 3.12. The molecule has 1 aliphatic heterocycles. The molecule has 3 N–H and O–H groups in total. The van der Waals surface area contributed by atoms with Crippen LogP contribution in [0.15, 0.2) is 40.5 Å². The van der Waals surface area contributed by atoms with Gasteiger partial charge in [0.1, 0.15) is 5.70 Å². The highest BCUT2D eigenvalue weighted by Crippen LogP contribution is 2.23. The predicted molar refractivity (Wildman–Crippen MR) is 87.9 cm³/mol. The van der Waals surface area contributed by atoms with E-state index in [-0.39, 0.29) is 24.4 Å². The third-order valence-electron chi connectivity index (χ3n) is 3.74. The lowest BCUT2D eigenvalue weighted by Gasteiger charge is -2.20. The highest BCUT2D eigenvalue weighted by Gasteiger charge is 2.21. The minimum absolute atomic E-state index is 0.0185. The van der Waals surface area contributed by atoms with Crippen LogP contribution in [0, 0.1) is 0 Å². The second-order valence-electron chi connectivity index (χ2n) is 5.30. The van der Waals surface area contributed by atoms with Crippen LogP contribution in [0.5, 0.6) is 0 Å². The Hall–Kier alpha value is -2.28. The Morgan fingerprint density at radius 1 is 1.42 bits per heavy atom. The zero-order valence-corrected chi connectivity index (χ0v) is 13.5. The quantitative estimate of drug-likeness (QED) is 0.639. The van der Waals surface area contributed by atoms with Gasteiger partial charge in [0.25, 0.3) is 6.43 Å². The summed E-state index contributed by atoms with van der Waals surface area (Å²) in [6.07, 6.45) is -1.97. The number of esters is 1. The van der Waals surface area contributed by atoms with E-state index in [0.29, 0.717) is 36.4 Å². The maximum atomic E-state index is 13.0. The van der Waals surface area contributed by atoms with Crippen LogP contribution in [0.2, 0.25) is 0 Å². The van der Waals surface area contributed by atoms with Crippen molar-refractivity contribution < 1.29 is 18.3 Å². The molecule has 24 heavy (non-hydrogen) atoms. The summed E-state index contributed by atoms with van der Waals surface area (Å²) in [5.41, 5.74) is 7.57. The van der Waals surface area contributed by atoms with Crippen molar-refractivity contribution in [1.29, 1.82) is 0 Å². The number of carbonyl (C=O) groups excluding carboxylic acids is 1. The molecule has 1 heterocycles. The Morgan fingerprint density at radius 2 is 2.17 bits per heavy atom. The molecule has 1 aliphatic rings. The van der Waals surface area contributed by atoms with Crippen molar-refractivity contribution in [3.05, 3.63) is 46.7 Å². The molecule has 0 bridgehead atoms. The third kappa shape index (κ3) is 4.38. The van der Waals surface area contributed by atoms with Crippen LogP contribution in [0.3, 0.4) is 0 Å². The monoisotopic (exact) mass is 337 g/mol. The first-order valence-electron chi connectivity index (χ1n) is 7.80. The van der Waals surface area contributed by atoms with Gasteiger partial charge in [-0.05, 0) is 12.5 Å². The summed E-state index contributed by atoms with van der Waals surface area (Å²) < 4.78 is 31.0. The van der Waals surface area contributed by atoms with Gasteiger partial charge in [-0.15, -0.1) is 0 Å². The number of hydrogen-bond acceptors (Lipinski definition) is 5. The number of piperidine rings is 1. The maximum absolute atomic E-state index is 13.0. The summed E-state index contributed by atoms with van der Waals surface area (Å²) >= 11 is 0. The normalized spacial score (nSPS) is 18.8. The first kappa shape index (κ1) is 18.1. The molecule has 0 aromatic heterocycles. The summed E-state index contributed by atoms with van der Waals surface area (Å²) in [6, 6.07) is 6.30. The van der Waals surface area contributed by atoms with Crippen LogP contribution in [0.25, 0.3) is 0 Å². The first-order chi connectivity index (χ1) is 11.5. The van der Waals surface area contributed by atoms with E-state index in [4.69, 9.17) is 10.5 Å². The van der Waals surface area contributed by atoms with Crippen LogP contribution in [0.1, 0.15) is 30.9 Å². The van der Waals surface area contributed by atoms with Crippen LogP contribution in [0.4, 0.5) is 8.78 Å². The fourth-order valence-electron chi connectivity index (χ4n) is 2.50. The molecular formula is C17H21F2N3O2. The summed E-state index contributed by atoms with van der Waals surface area (Å²) in [7, 11) is 0. The summed E-state index contributed by atoms with van der Waals surface area (Å²) in [6.45, 7) is 3.14. The van der Waals surface area contributed by atoms with E-state index in [1.54, 1.807) is 25.1 Å². The SMILES string of the molecule is CCOC(=O)C(N)=C1CNCCC1=NCc1ccccc1C(F)F. The number of hydrogen-bond donors (Lipinski definition) is 2. The van der Waals surface area contributed by atoms with E-state index in [0.717, 1.165) is 0 Å². The highest BCUT2D eigenvalue weighted by molar-refractivity contribution is 6.07. The summed E-state index contributed by atoms with van der Waals surface area (Å²) in [4.78, 5) is 16.3. The van der Waals surface area contributed by atoms with Gasteiger partial charge in [0.05, 0.1) is 13.2 Å². The molecule has 5 nitrogen and oxygen atoms in total. The fraction of sp³-hybridized carbons (Fsp3) is 0.412. The standard InChI is InChI=1S/C17H21F2N3O2/c1-2-24-17(23)15(20)13-10-21-8-7-14(13)22-9-11-5-3-4-6-12(11)16(18)19/h3-6,16,21H,2,7-10,20H2,1H3. The number of aliphatic imine (C=N–C) groups is 1. The topological polar surface area (TPSA) is 76.7 Å². The number of carbonyl (C=O) groups is 1. The van der Waals surface area contributed by atoms with Gasteiger partial charge in [0.15, 0.2) is 0 Å². The number of alkyl halides is 2. The number of nitrogens with two attached hydrogens (primary N) is 1. The van der Waals surface area contributed by atoms with Gasteiger partial charge in [0, 0.05) is 36.4 Å². The predicted octanol–water partition coefficient (Wildman–Crippen LogP) is 2.33. The number of ether oxygens (including phenoxy) is 1. The molecule has 0 spiro atoms. The molecule has 0 amide bonds. The molecular weight excluding hydrogens is 316 g/mol. The van der Waals surface area contributed by atoms with E-state index in [1.165, 1.54) is 6.07 Å².